The monoisotopic (exact) mass is 339 g/mol. The summed E-state index contributed by atoms with van der Waals surface area (Å²) in [7, 11) is 0. The van der Waals surface area contributed by atoms with Crippen LogP contribution >= 0.6 is 0 Å². The lowest BCUT2D eigenvalue weighted by Gasteiger charge is -2.29. The first kappa shape index (κ1) is 17.5. The molecule has 1 aliphatic rings. The van der Waals surface area contributed by atoms with Gasteiger partial charge in [0.15, 0.2) is 0 Å². The minimum atomic E-state index is 0.0233. The molecule has 0 aromatic heterocycles. The molecule has 0 aliphatic carbocycles. The maximum Gasteiger partial charge on any atom is 0.254 e. The molecule has 4 heteroatoms. The van der Waals surface area contributed by atoms with Crippen molar-refractivity contribution in [3.05, 3.63) is 60.2 Å². The number of nitrogens with zero attached hydrogens (tertiary/aromatic N) is 1. The fraction of sp³-hybridized carbons (Fsp3) is 0.381. The Morgan fingerprint density at radius 2 is 1.92 bits per heavy atom. The van der Waals surface area contributed by atoms with Gasteiger partial charge in [-0.1, -0.05) is 24.3 Å². The zero-order chi connectivity index (χ0) is 17.5. The summed E-state index contributed by atoms with van der Waals surface area (Å²) in [4.78, 5) is 14.7. The van der Waals surface area contributed by atoms with E-state index in [0.29, 0.717) is 24.4 Å². The lowest BCUT2D eigenvalue weighted by Crippen LogP contribution is -2.39. The van der Waals surface area contributed by atoms with Crippen molar-refractivity contribution in [3.8, 4) is 11.5 Å². The van der Waals surface area contributed by atoms with Crippen molar-refractivity contribution in [2.45, 2.75) is 32.3 Å². The lowest BCUT2D eigenvalue weighted by atomic mass is 10.1. The van der Waals surface area contributed by atoms with Crippen LogP contribution in [0.5, 0.6) is 11.5 Å². The molecule has 2 aromatic carbocycles. The van der Waals surface area contributed by atoms with Gasteiger partial charge in [-0.25, -0.2) is 0 Å². The fourth-order valence-corrected chi connectivity index (χ4v) is 3.05. The Morgan fingerprint density at radius 3 is 2.64 bits per heavy atom. The van der Waals surface area contributed by atoms with Gasteiger partial charge in [-0.3, -0.25) is 4.79 Å². The minimum absolute atomic E-state index is 0.0233. The van der Waals surface area contributed by atoms with Gasteiger partial charge >= 0.3 is 0 Å². The SMILES string of the molecule is CCN(C[C@H]1CCCCO1)C(=O)c1cccc(Oc2ccccc2)c1. The molecule has 4 nitrogen and oxygen atoms in total. The van der Waals surface area contributed by atoms with E-state index in [0.717, 1.165) is 25.2 Å². The Kier molecular flexibility index (Phi) is 6.07. The number of hydrogen-bond acceptors (Lipinski definition) is 3. The van der Waals surface area contributed by atoms with E-state index in [-0.39, 0.29) is 12.0 Å². The van der Waals surface area contributed by atoms with E-state index in [2.05, 4.69) is 0 Å². The molecular weight excluding hydrogens is 314 g/mol. The first-order chi connectivity index (χ1) is 12.3. The van der Waals surface area contributed by atoms with E-state index in [1.165, 1.54) is 6.42 Å². The molecule has 1 amide bonds. The number of carbonyl (C=O) groups excluding carboxylic acids is 1. The summed E-state index contributed by atoms with van der Waals surface area (Å²) < 4.78 is 11.6. The number of carbonyl (C=O) groups is 1. The highest BCUT2D eigenvalue weighted by Crippen LogP contribution is 2.23. The molecule has 1 saturated heterocycles. The number of likely N-dealkylation sites (N-methyl/N-ethyl adjacent to an activating group) is 1. The normalized spacial score (nSPS) is 17.1. The minimum Gasteiger partial charge on any atom is -0.457 e. The Morgan fingerprint density at radius 1 is 1.12 bits per heavy atom. The van der Waals surface area contributed by atoms with Crippen molar-refractivity contribution < 1.29 is 14.3 Å². The van der Waals surface area contributed by atoms with Crippen molar-refractivity contribution >= 4 is 5.91 Å². The average molecular weight is 339 g/mol. The zero-order valence-electron chi connectivity index (χ0n) is 14.7. The molecule has 25 heavy (non-hydrogen) atoms. The number of ether oxygens (including phenoxy) is 2. The van der Waals surface area contributed by atoms with Crippen molar-refractivity contribution in [1.82, 2.24) is 4.90 Å². The van der Waals surface area contributed by atoms with Gasteiger partial charge in [-0.05, 0) is 56.5 Å². The topological polar surface area (TPSA) is 38.8 Å². The molecule has 0 saturated carbocycles. The third kappa shape index (κ3) is 4.83. The van der Waals surface area contributed by atoms with Crippen LogP contribution in [0.4, 0.5) is 0 Å². The number of amides is 1. The molecular formula is C21H25NO3. The second-order valence-corrected chi connectivity index (χ2v) is 6.28. The van der Waals surface area contributed by atoms with Gasteiger partial charge in [-0.15, -0.1) is 0 Å². The Labute approximate surface area is 149 Å². The summed E-state index contributed by atoms with van der Waals surface area (Å²) in [5, 5.41) is 0. The third-order valence-electron chi connectivity index (χ3n) is 4.43. The molecule has 2 aromatic rings. The van der Waals surface area contributed by atoms with Crippen LogP contribution in [0.15, 0.2) is 54.6 Å². The number of benzene rings is 2. The summed E-state index contributed by atoms with van der Waals surface area (Å²) in [6.45, 7) is 4.13. The fourth-order valence-electron chi connectivity index (χ4n) is 3.05. The second-order valence-electron chi connectivity index (χ2n) is 6.28. The largest absolute Gasteiger partial charge is 0.457 e. The van der Waals surface area contributed by atoms with E-state index in [4.69, 9.17) is 9.47 Å². The van der Waals surface area contributed by atoms with Crippen LogP contribution in [-0.2, 0) is 4.74 Å². The van der Waals surface area contributed by atoms with E-state index >= 15 is 0 Å². The van der Waals surface area contributed by atoms with Crippen molar-refractivity contribution in [2.24, 2.45) is 0 Å². The van der Waals surface area contributed by atoms with Gasteiger partial charge in [0.05, 0.1) is 6.10 Å². The van der Waals surface area contributed by atoms with Crippen LogP contribution in [-0.4, -0.2) is 36.6 Å². The Bertz CT molecular complexity index is 681. The first-order valence-corrected chi connectivity index (χ1v) is 9.00. The van der Waals surface area contributed by atoms with Gasteiger partial charge in [0.25, 0.3) is 5.91 Å². The van der Waals surface area contributed by atoms with Crippen LogP contribution < -0.4 is 4.74 Å². The second kappa shape index (κ2) is 8.67. The van der Waals surface area contributed by atoms with E-state index < -0.39 is 0 Å². The van der Waals surface area contributed by atoms with Gasteiger partial charge in [0.2, 0.25) is 0 Å². The molecule has 0 radical (unpaired) electrons. The summed E-state index contributed by atoms with van der Waals surface area (Å²) in [6, 6.07) is 16.9. The van der Waals surface area contributed by atoms with Gasteiger partial charge in [0, 0.05) is 25.3 Å². The quantitative estimate of drug-likeness (QED) is 0.777. The van der Waals surface area contributed by atoms with Crippen LogP contribution in [0.3, 0.4) is 0 Å². The zero-order valence-corrected chi connectivity index (χ0v) is 14.7. The summed E-state index contributed by atoms with van der Waals surface area (Å²) in [6.07, 6.45) is 3.48. The lowest BCUT2D eigenvalue weighted by molar-refractivity contribution is -0.00311. The molecule has 3 rings (SSSR count). The summed E-state index contributed by atoms with van der Waals surface area (Å²) >= 11 is 0. The molecule has 1 heterocycles. The highest BCUT2D eigenvalue weighted by molar-refractivity contribution is 5.94. The standard InChI is InChI=1S/C21H25NO3/c1-2-22(16-20-12-6-7-14-24-20)21(23)17-9-8-13-19(15-17)25-18-10-4-3-5-11-18/h3-5,8-11,13,15,20H,2,6-7,12,14,16H2,1H3/t20-/m1/s1. The maximum absolute atomic E-state index is 12.9. The van der Waals surface area contributed by atoms with Crippen LogP contribution in [0.1, 0.15) is 36.5 Å². The molecule has 0 unspecified atom stereocenters. The highest BCUT2D eigenvalue weighted by atomic mass is 16.5. The van der Waals surface area contributed by atoms with Crippen LogP contribution in [0, 0.1) is 0 Å². The van der Waals surface area contributed by atoms with Crippen LogP contribution in [0.2, 0.25) is 0 Å². The smallest absolute Gasteiger partial charge is 0.254 e. The maximum atomic E-state index is 12.9. The van der Waals surface area contributed by atoms with Crippen molar-refractivity contribution in [2.75, 3.05) is 19.7 Å². The van der Waals surface area contributed by atoms with Gasteiger partial charge < -0.3 is 14.4 Å². The van der Waals surface area contributed by atoms with Gasteiger partial charge in [-0.2, -0.15) is 0 Å². The Balaban J connectivity index is 1.68. The summed E-state index contributed by atoms with van der Waals surface area (Å²) in [5.74, 6) is 1.45. The number of rotatable bonds is 6. The number of hydrogen-bond donors (Lipinski definition) is 0. The average Bonchev–Trinajstić information content (AvgIpc) is 2.67. The molecule has 1 atom stereocenters. The predicted octanol–water partition coefficient (Wildman–Crippen LogP) is 4.51. The number of para-hydroxylation sites is 1. The van der Waals surface area contributed by atoms with E-state index in [9.17, 15) is 4.79 Å². The van der Waals surface area contributed by atoms with Crippen LogP contribution in [0.25, 0.3) is 0 Å². The molecule has 0 N–H and O–H groups in total. The first-order valence-electron chi connectivity index (χ1n) is 9.00. The molecule has 0 bridgehead atoms. The Hall–Kier alpha value is -2.33. The van der Waals surface area contributed by atoms with Crippen molar-refractivity contribution in [3.63, 3.8) is 0 Å². The molecule has 1 aliphatic heterocycles. The molecule has 1 fully saturated rings. The molecule has 132 valence electrons. The van der Waals surface area contributed by atoms with E-state index in [1.54, 1.807) is 6.07 Å². The van der Waals surface area contributed by atoms with E-state index in [1.807, 2.05) is 60.4 Å². The summed E-state index contributed by atoms with van der Waals surface area (Å²) in [5.41, 5.74) is 0.645. The highest BCUT2D eigenvalue weighted by Gasteiger charge is 2.21. The van der Waals surface area contributed by atoms with Crippen molar-refractivity contribution in [1.29, 1.82) is 0 Å². The van der Waals surface area contributed by atoms with Gasteiger partial charge in [0.1, 0.15) is 11.5 Å². The predicted molar refractivity (Wildman–Crippen MR) is 98.1 cm³/mol. The molecule has 0 spiro atoms. The third-order valence-corrected chi connectivity index (χ3v) is 4.43.